The molecule has 146 valence electrons. The molecule has 0 saturated heterocycles. The fourth-order valence-electron chi connectivity index (χ4n) is 2.79. The number of benzene rings is 2. The van der Waals surface area contributed by atoms with Gasteiger partial charge < -0.3 is 9.47 Å². The number of carbonyl (C=O) groups is 1. The summed E-state index contributed by atoms with van der Waals surface area (Å²) in [5, 5.41) is 0.733. The van der Waals surface area contributed by atoms with Crippen molar-refractivity contribution in [3.8, 4) is 5.75 Å². The molecule has 0 amide bonds. The number of methoxy groups -OCH3 is 1. The molecular formula is C21H25ClO3S2. The molecule has 2 rings (SSSR count). The van der Waals surface area contributed by atoms with Gasteiger partial charge in [-0.2, -0.15) is 0 Å². The summed E-state index contributed by atoms with van der Waals surface area (Å²) < 4.78 is 10.2. The minimum atomic E-state index is -0.642. The van der Waals surface area contributed by atoms with Crippen LogP contribution in [0.5, 0.6) is 5.75 Å². The van der Waals surface area contributed by atoms with Crippen molar-refractivity contribution < 1.29 is 14.3 Å². The van der Waals surface area contributed by atoms with Gasteiger partial charge in [-0.05, 0) is 53.8 Å². The second kappa shape index (κ2) is 10.3. The lowest BCUT2D eigenvalue weighted by molar-refractivity contribution is -0.147. The number of esters is 1. The molecule has 0 heterocycles. The van der Waals surface area contributed by atoms with E-state index in [9.17, 15) is 4.79 Å². The van der Waals surface area contributed by atoms with Gasteiger partial charge in [0.25, 0.3) is 0 Å². The van der Waals surface area contributed by atoms with Gasteiger partial charge >= 0.3 is 5.97 Å². The summed E-state index contributed by atoms with van der Waals surface area (Å²) in [6, 6.07) is 16.0. The second-order valence-electron chi connectivity index (χ2n) is 5.80. The zero-order valence-electron chi connectivity index (χ0n) is 16.0. The topological polar surface area (TPSA) is 35.5 Å². The molecule has 0 aliphatic carbocycles. The van der Waals surface area contributed by atoms with Gasteiger partial charge in [0.05, 0.1) is 7.11 Å². The summed E-state index contributed by atoms with van der Waals surface area (Å²) in [6.07, 6.45) is -0.642. The highest BCUT2D eigenvalue weighted by molar-refractivity contribution is 8.17. The van der Waals surface area contributed by atoms with Crippen LogP contribution in [0.4, 0.5) is 0 Å². The molecule has 0 aromatic heterocycles. The monoisotopic (exact) mass is 424 g/mol. The third-order valence-electron chi connectivity index (χ3n) is 4.00. The van der Waals surface area contributed by atoms with Crippen LogP contribution in [0.15, 0.2) is 48.5 Å². The van der Waals surface area contributed by atoms with Crippen molar-refractivity contribution in [2.75, 3.05) is 18.6 Å². The van der Waals surface area contributed by atoms with Gasteiger partial charge in [-0.25, -0.2) is 4.79 Å². The predicted molar refractivity (Wildman–Crippen MR) is 117 cm³/mol. The van der Waals surface area contributed by atoms with Gasteiger partial charge in [0, 0.05) is 5.02 Å². The number of hydrogen-bond acceptors (Lipinski definition) is 5. The average Bonchev–Trinajstić information content (AvgIpc) is 2.68. The van der Waals surface area contributed by atoms with Gasteiger partial charge in [0.15, 0.2) is 6.10 Å². The van der Waals surface area contributed by atoms with E-state index in [0.29, 0.717) is 5.75 Å². The molecule has 0 aliphatic rings. The van der Waals surface area contributed by atoms with Crippen LogP contribution < -0.4 is 4.74 Å². The van der Waals surface area contributed by atoms with E-state index in [1.807, 2.05) is 47.8 Å². The van der Waals surface area contributed by atoms with Crippen molar-refractivity contribution in [1.82, 2.24) is 0 Å². The van der Waals surface area contributed by atoms with Gasteiger partial charge in [-0.3, -0.25) is 0 Å². The lowest BCUT2D eigenvalue weighted by Gasteiger charge is -2.33. The maximum Gasteiger partial charge on any atom is 0.346 e. The first-order valence-electron chi connectivity index (χ1n) is 8.85. The molecule has 2 aromatic rings. The van der Waals surface area contributed by atoms with Crippen molar-refractivity contribution >= 4 is 41.1 Å². The van der Waals surface area contributed by atoms with Crippen molar-refractivity contribution in [2.45, 2.75) is 31.0 Å². The normalized spacial score (nSPS) is 12.5. The van der Waals surface area contributed by atoms with E-state index >= 15 is 0 Å². The Morgan fingerprint density at radius 2 is 1.48 bits per heavy atom. The fourth-order valence-corrected chi connectivity index (χ4v) is 5.98. The number of halogens is 1. The molecule has 27 heavy (non-hydrogen) atoms. The lowest BCUT2D eigenvalue weighted by Crippen LogP contribution is -2.25. The van der Waals surface area contributed by atoms with Gasteiger partial charge in [-0.15, -0.1) is 23.5 Å². The quantitative estimate of drug-likeness (QED) is 0.365. The first-order chi connectivity index (χ1) is 13.0. The van der Waals surface area contributed by atoms with Crippen LogP contribution >= 0.6 is 35.1 Å². The maximum absolute atomic E-state index is 11.6. The van der Waals surface area contributed by atoms with E-state index in [0.717, 1.165) is 16.5 Å². The van der Waals surface area contributed by atoms with Crippen molar-refractivity contribution in [3.05, 3.63) is 64.7 Å². The molecular weight excluding hydrogens is 400 g/mol. The van der Waals surface area contributed by atoms with Crippen molar-refractivity contribution in [3.63, 3.8) is 0 Å². The molecule has 1 atom stereocenters. The van der Waals surface area contributed by atoms with Gasteiger partial charge in [0.2, 0.25) is 0 Å². The second-order valence-corrected chi connectivity index (χ2v) is 9.45. The molecule has 0 spiro atoms. The van der Waals surface area contributed by atoms with Crippen LogP contribution in [0, 0.1) is 0 Å². The van der Waals surface area contributed by atoms with E-state index in [1.54, 1.807) is 6.92 Å². The molecule has 0 radical (unpaired) electrons. The van der Waals surface area contributed by atoms with E-state index in [1.165, 1.54) is 18.2 Å². The highest BCUT2D eigenvalue weighted by Crippen LogP contribution is 2.52. The minimum Gasteiger partial charge on any atom is -0.479 e. The average molecular weight is 425 g/mol. The maximum atomic E-state index is 11.6. The summed E-state index contributed by atoms with van der Waals surface area (Å²) in [6.45, 7) is 6.01. The van der Waals surface area contributed by atoms with Gasteiger partial charge in [0.1, 0.15) is 9.83 Å². The lowest BCUT2D eigenvalue weighted by atomic mass is 10.0. The molecule has 1 unspecified atom stereocenters. The molecule has 0 aliphatic heterocycles. The Kier molecular flexibility index (Phi) is 8.39. The van der Waals surface area contributed by atoms with E-state index in [2.05, 4.69) is 38.1 Å². The van der Waals surface area contributed by atoms with E-state index in [4.69, 9.17) is 21.1 Å². The van der Waals surface area contributed by atoms with E-state index < -0.39 is 12.1 Å². The van der Waals surface area contributed by atoms with E-state index in [-0.39, 0.29) is 4.08 Å². The molecule has 0 fully saturated rings. The number of carbonyl (C=O) groups excluding carboxylic acids is 1. The Hall–Kier alpha value is -1.30. The van der Waals surface area contributed by atoms with Crippen LogP contribution in [0.2, 0.25) is 5.02 Å². The van der Waals surface area contributed by atoms with Crippen LogP contribution in [0.1, 0.15) is 31.9 Å². The van der Waals surface area contributed by atoms with Crippen LogP contribution in [-0.4, -0.2) is 30.7 Å². The van der Waals surface area contributed by atoms with Crippen molar-refractivity contribution in [1.29, 1.82) is 0 Å². The summed E-state index contributed by atoms with van der Waals surface area (Å²) >= 11 is 9.89. The number of thioether (sulfide) groups is 2. The summed E-state index contributed by atoms with van der Waals surface area (Å²) in [7, 11) is 1.36. The number of ether oxygens (including phenoxy) is 2. The molecule has 2 aromatic carbocycles. The van der Waals surface area contributed by atoms with Crippen LogP contribution in [0.25, 0.3) is 0 Å². The predicted octanol–water partition coefficient (Wildman–Crippen LogP) is 5.99. The molecule has 0 N–H and O–H groups in total. The molecule has 0 saturated carbocycles. The van der Waals surface area contributed by atoms with Crippen molar-refractivity contribution in [2.24, 2.45) is 0 Å². The summed E-state index contributed by atoms with van der Waals surface area (Å²) in [5.74, 6) is 2.21. The Balaban J connectivity index is 2.38. The summed E-state index contributed by atoms with van der Waals surface area (Å²) in [4.78, 5) is 11.6. The van der Waals surface area contributed by atoms with Gasteiger partial charge in [-0.1, -0.05) is 49.7 Å². The third kappa shape index (κ3) is 5.37. The largest absolute Gasteiger partial charge is 0.479 e. The Morgan fingerprint density at radius 3 is 1.93 bits per heavy atom. The van der Waals surface area contributed by atoms with Crippen LogP contribution in [-0.2, 0) is 13.6 Å². The Bertz CT molecular complexity index is 726. The highest BCUT2D eigenvalue weighted by atomic mass is 35.5. The number of rotatable bonds is 9. The zero-order chi connectivity index (χ0) is 19.9. The third-order valence-corrected chi connectivity index (χ3v) is 7.29. The summed E-state index contributed by atoms with van der Waals surface area (Å²) in [5.41, 5.74) is 2.39. The van der Waals surface area contributed by atoms with Crippen LogP contribution in [0.3, 0.4) is 0 Å². The molecule has 3 nitrogen and oxygen atoms in total. The SMILES string of the molecule is CCSC(SCC)(c1ccc(Cl)cc1)c1ccc(OC(C)C(=O)OC)cc1. The molecule has 6 heteroatoms. The zero-order valence-corrected chi connectivity index (χ0v) is 18.4. The Labute approximate surface area is 175 Å². The molecule has 0 bridgehead atoms. The Morgan fingerprint density at radius 1 is 1.00 bits per heavy atom. The fraction of sp³-hybridized carbons (Fsp3) is 0.381. The number of hydrogen-bond donors (Lipinski definition) is 0. The standard InChI is InChI=1S/C21H25ClO3S2/c1-5-26-21(27-6-2,16-7-11-18(22)12-8-16)17-9-13-19(14-10-17)25-15(3)20(23)24-4/h7-15H,5-6H2,1-4H3. The minimum absolute atomic E-state index is 0.222. The highest BCUT2D eigenvalue weighted by Gasteiger charge is 2.34. The smallest absolute Gasteiger partial charge is 0.346 e. The first-order valence-corrected chi connectivity index (χ1v) is 11.2. The first kappa shape index (κ1) is 22.0.